The third-order valence-corrected chi connectivity index (χ3v) is 3.48. The maximum absolute atomic E-state index is 11.6. The van der Waals surface area contributed by atoms with E-state index in [1.807, 2.05) is 16.8 Å². The van der Waals surface area contributed by atoms with E-state index in [0.29, 0.717) is 12.8 Å². The fraction of sp³-hybridized carbons (Fsp3) is 0.500. The van der Waals surface area contributed by atoms with Crippen LogP contribution in [-0.2, 0) is 16.0 Å². The quantitative estimate of drug-likeness (QED) is 0.816. The van der Waals surface area contributed by atoms with Crippen molar-refractivity contribution in [1.82, 2.24) is 5.32 Å². The monoisotopic (exact) mass is 255 g/mol. The zero-order valence-corrected chi connectivity index (χ0v) is 10.8. The highest BCUT2D eigenvalue weighted by Gasteiger charge is 2.20. The van der Waals surface area contributed by atoms with Gasteiger partial charge in [-0.3, -0.25) is 9.59 Å². The Kier molecular flexibility index (Phi) is 5.15. The summed E-state index contributed by atoms with van der Waals surface area (Å²) >= 11 is 1.60. The normalized spacial score (nSPS) is 14.0. The van der Waals surface area contributed by atoms with Gasteiger partial charge in [0.05, 0.1) is 5.92 Å². The highest BCUT2D eigenvalue weighted by Crippen LogP contribution is 2.09. The molecule has 0 spiro atoms. The van der Waals surface area contributed by atoms with Gasteiger partial charge in [-0.05, 0) is 42.7 Å². The number of carbonyl (C=O) groups excluding carboxylic acids is 1. The van der Waals surface area contributed by atoms with Crippen molar-refractivity contribution in [1.29, 1.82) is 0 Å². The number of aryl methyl sites for hydroxylation is 1. The van der Waals surface area contributed by atoms with Gasteiger partial charge in [-0.25, -0.2) is 0 Å². The lowest BCUT2D eigenvalue weighted by Gasteiger charge is -2.17. The van der Waals surface area contributed by atoms with Crippen LogP contribution >= 0.6 is 11.3 Å². The maximum atomic E-state index is 11.6. The molecule has 0 fully saturated rings. The number of hydrogen-bond acceptors (Lipinski definition) is 3. The van der Waals surface area contributed by atoms with Gasteiger partial charge in [-0.2, -0.15) is 11.3 Å². The third-order valence-electron chi connectivity index (χ3n) is 2.75. The molecule has 17 heavy (non-hydrogen) atoms. The zero-order chi connectivity index (χ0) is 12.8. The van der Waals surface area contributed by atoms with E-state index in [2.05, 4.69) is 5.32 Å². The van der Waals surface area contributed by atoms with E-state index in [4.69, 9.17) is 5.11 Å². The average molecular weight is 255 g/mol. The maximum Gasteiger partial charge on any atom is 0.308 e. The second-order valence-corrected chi connectivity index (χ2v) is 4.89. The average Bonchev–Trinajstić information content (AvgIpc) is 2.77. The van der Waals surface area contributed by atoms with Gasteiger partial charge in [0.2, 0.25) is 5.91 Å². The molecule has 5 heteroatoms. The van der Waals surface area contributed by atoms with Crippen LogP contribution in [0.4, 0.5) is 0 Å². The first-order valence-electron chi connectivity index (χ1n) is 5.54. The van der Waals surface area contributed by atoms with Crippen molar-refractivity contribution in [2.24, 2.45) is 5.92 Å². The topological polar surface area (TPSA) is 66.4 Å². The Morgan fingerprint density at radius 1 is 1.47 bits per heavy atom. The summed E-state index contributed by atoms with van der Waals surface area (Å²) in [7, 11) is 0. The van der Waals surface area contributed by atoms with Crippen molar-refractivity contribution in [3.63, 3.8) is 0 Å². The molecule has 94 valence electrons. The second-order valence-electron chi connectivity index (χ2n) is 4.11. The van der Waals surface area contributed by atoms with E-state index < -0.39 is 11.9 Å². The van der Waals surface area contributed by atoms with Gasteiger partial charge in [-0.15, -0.1) is 0 Å². The molecule has 0 aliphatic rings. The summed E-state index contributed by atoms with van der Waals surface area (Å²) in [4.78, 5) is 22.3. The van der Waals surface area contributed by atoms with Crippen LogP contribution in [-0.4, -0.2) is 23.0 Å². The number of rotatable bonds is 6. The molecule has 4 nitrogen and oxygen atoms in total. The summed E-state index contributed by atoms with van der Waals surface area (Å²) in [6, 6.07) is 1.64. The van der Waals surface area contributed by atoms with Gasteiger partial charge in [-0.1, -0.05) is 0 Å². The standard InChI is InChI=1S/C12H17NO3S/c1-8(12(15)16)9(2)13-11(14)4-3-10-5-6-17-7-10/h5-9H,3-4H2,1-2H3,(H,13,14)(H,15,16). The molecule has 0 aliphatic carbocycles. The lowest BCUT2D eigenvalue weighted by atomic mass is 10.0. The van der Waals surface area contributed by atoms with E-state index in [9.17, 15) is 9.59 Å². The van der Waals surface area contributed by atoms with Crippen LogP contribution in [0, 0.1) is 5.92 Å². The third kappa shape index (κ3) is 4.56. The summed E-state index contributed by atoms with van der Waals surface area (Å²) in [5.41, 5.74) is 1.14. The van der Waals surface area contributed by atoms with Gasteiger partial charge in [0, 0.05) is 12.5 Å². The molecule has 2 unspecified atom stereocenters. The molecular weight excluding hydrogens is 238 g/mol. The van der Waals surface area contributed by atoms with Crippen LogP contribution in [0.25, 0.3) is 0 Å². The molecule has 1 heterocycles. The number of thiophene rings is 1. The minimum Gasteiger partial charge on any atom is -0.481 e. The SMILES string of the molecule is CC(NC(=O)CCc1ccsc1)C(C)C(=O)O. The Morgan fingerprint density at radius 2 is 2.18 bits per heavy atom. The molecule has 2 atom stereocenters. The number of carboxylic acid groups (broad SMARTS) is 1. The lowest BCUT2D eigenvalue weighted by molar-refractivity contribution is -0.142. The molecule has 0 bridgehead atoms. The number of amides is 1. The molecule has 1 rings (SSSR count). The number of aliphatic carboxylic acids is 1. The predicted molar refractivity (Wildman–Crippen MR) is 67.0 cm³/mol. The van der Waals surface area contributed by atoms with Gasteiger partial charge in [0.15, 0.2) is 0 Å². The molecule has 0 saturated carbocycles. The van der Waals surface area contributed by atoms with Crippen LogP contribution in [0.1, 0.15) is 25.8 Å². The minimum absolute atomic E-state index is 0.100. The van der Waals surface area contributed by atoms with Gasteiger partial charge >= 0.3 is 5.97 Å². The van der Waals surface area contributed by atoms with Crippen LogP contribution in [0.2, 0.25) is 0 Å². The largest absolute Gasteiger partial charge is 0.481 e. The summed E-state index contributed by atoms with van der Waals surface area (Å²) in [5, 5.41) is 15.5. The number of hydrogen-bond donors (Lipinski definition) is 2. The van der Waals surface area contributed by atoms with Crippen molar-refractivity contribution < 1.29 is 14.7 Å². The molecule has 1 amide bonds. The van der Waals surface area contributed by atoms with E-state index in [0.717, 1.165) is 5.56 Å². The van der Waals surface area contributed by atoms with E-state index in [1.54, 1.807) is 25.2 Å². The Morgan fingerprint density at radius 3 is 2.71 bits per heavy atom. The van der Waals surface area contributed by atoms with Crippen LogP contribution in [0.5, 0.6) is 0 Å². The Balaban J connectivity index is 2.32. The fourth-order valence-corrected chi connectivity index (χ4v) is 2.06. The molecule has 0 radical (unpaired) electrons. The predicted octanol–water partition coefficient (Wildman–Crippen LogP) is 1.91. The molecule has 2 N–H and O–H groups in total. The Labute approximate surface area is 105 Å². The molecular formula is C12H17NO3S. The zero-order valence-electron chi connectivity index (χ0n) is 9.97. The van der Waals surface area contributed by atoms with Gasteiger partial charge in [0.1, 0.15) is 0 Å². The van der Waals surface area contributed by atoms with E-state index in [-0.39, 0.29) is 11.9 Å². The molecule has 0 aliphatic heterocycles. The van der Waals surface area contributed by atoms with Crippen molar-refractivity contribution >= 4 is 23.2 Å². The second kappa shape index (κ2) is 6.39. The van der Waals surface area contributed by atoms with Gasteiger partial charge in [0.25, 0.3) is 0 Å². The minimum atomic E-state index is -0.893. The van der Waals surface area contributed by atoms with Crippen LogP contribution in [0.15, 0.2) is 16.8 Å². The number of carboxylic acids is 1. The molecule has 1 aromatic heterocycles. The molecule has 1 aromatic rings. The van der Waals surface area contributed by atoms with Crippen molar-refractivity contribution in [3.05, 3.63) is 22.4 Å². The van der Waals surface area contributed by atoms with E-state index in [1.165, 1.54) is 0 Å². The van der Waals surface area contributed by atoms with Crippen LogP contribution in [0.3, 0.4) is 0 Å². The Bertz CT molecular complexity index is 375. The van der Waals surface area contributed by atoms with Crippen molar-refractivity contribution in [2.45, 2.75) is 32.7 Å². The Hall–Kier alpha value is -1.36. The number of carbonyl (C=O) groups is 2. The van der Waals surface area contributed by atoms with Gasteiger partial charge < -0.3 is 10.4 Å². The first-order valence-corrected chi connectivity index (χ1v) is 6.48. The summed E-state index contributed by atoms with van der Waals surface area (Å²) in [6.07, 6.45) is 1.09. The summed E-state index contributed by atoms with van der Waals surface area (Å²) in [6.45, 7) is 3.30. The highest BCUT2D eigenvalue weighted by atomic mass is 32.1. The first kappa shape index (κ1) is 13.7. The van der Waals surface area contributed by atoms with Crippen LogP contribution < -0.4 is 5.32 Å². The molecule has 0 aromatic carbocycles. The van der Waals surface area contributed by atoms with E-state index >= 15 is 0 Å². The van der Waals surface area contributed by atoms with Crippen molar-refractivity contribution in [2.75, 3.05) is 0 Å². The number of nitrogens with one attached hydrogen (secondary N) is 1. The molecule has 0 saturated heterocycles. The lowest BCUT2D eigenvalue weighted by Crippen LogP contribution is -2.40. The smallest absolute Gasteiger partial charge is 0.308 e. The van der Waals surface area contributed by atoms with Crippen molar-refractivity contribution in [3.8, 4) is 0 Å². The fourth-order valence-electron chi connectivity index (χ4n) is 1.36. The highest BCUT2D eigenvalue weighted by molar-refractivity contribution is 7.07. The summed E-state index contributed by atoms with van der Waals surface area (Å²) in [5.74, 6) is -1.56. The summed E-state index contributed by atoms with van der Waals surface area (Å²) < 4.78 is 0. The first-order chi connectivity index (χ1) is 8.00.